The van der Waals surface area contributed by atoms with Gasteiger partial charge < -0.3 is 10.4 Å². The van der Waals surface area contributed by atoms with Crippen LogP contribution in [0, 0.1) is 5.82 Å². The van der Waals surface area contributed by atoms with Crippen molar-refractivity contribution in [1.29, 1.82) is 0 Å². The predicted octanol–water partition coefficient (Wildman–Crippen LogP) is 4.56. The summed E-state index contributed by atoms with van der Waals surface area (Å²) in [5.41, 5.74) is 1.40. The van der Waals surface area contributed by atoms with Gasteiger partial charge in [-0.1, -0.05) is 27.5 Å². The molecular weight excluding hydrogens is 321 g/mol. The van der Waals surface area contributed by atoms with E-state index in [1.54, 1.807) is 6.07 Å². The van der Waals surface area contributed by atoms with Gasteiger partial charge >= 0.3 is 0 Å². The van der Waals surface area contributed by atoms with Crippen LogP contribution in [0.4, 0.5) is 10.1 Å². The maximum Gasteiger partial charge on any atom is 0.127 e. The van der Waals surface area contributed by atoms with Crippen molar-refractivity contribution < 1.29 is 9.50 Å². The first-order chi connectivity index (χ1) is 8.54. The molecule has 0 fully saturated rings. The number of rotatable bonds is 3. The average molecular weight is 331 g/mol. The molecule has 0 bridgehead atoms. The minimum Gasteiger partial charge on any atom is -0.508 e. The quantitative estimate of drug-likeness (QED) is 0.864. The molecular formula is C13H10BrClFNO. The topological polar surface area (TPSA) is 32.3 Å². The number of phenolic OH excluding ortho intramolecular Hbond substituents is 1. The molecule has 0 heterocycles. The highest BCUT2D eigenvalue weighted by Crippen LogP contribution is 2.26. The van der Waals surface area contributed by atoms with Crippen LogP contribution in [0.5, 0.6) is 5.75 Å². The lowest BCUT2D eigenvalue weighted by Gasteiger charge is -2.09. The van der Waals surface area contributed by atoms with Crippen LogP contribution in [0.25, 0.3) is 0 Å². The van der Waals surface area contributed by atoms with Crippen molar-refractivity contribution in [1.82, 2.24) is 0 Å². The Kier molecular flexibility index (Phi) is 4.09. The van der Waals surface area contributed by atoms with E-state index in [0.717, 1.165) is 16.2 Å². The van der Waals surface area contributed by atoms with Crippen LogP contribution in [0.1, 0.15) is 5.56 Å². The Morgan fingerprint density at radius 3 is 2.67 bits per heavy atom. The van der Waals surface area contributed by atoms with Crippen molar-refractivity contribution in [2.75, 3.05) is 5.32 Å². The second-order valence-electron chi connectivity index (χ2n) is 3.80. The SMILES string of the molecule is Oc1cc(F)cc(CNc2ccc(Br)cc2Cl)c1. The van der Waals surface area contributed by atoms with Crippen LogP contribution in [0.3, 0.4) is 0 Å². The minimum atomic E-state index is -0.464. The molecule has 0 radical (unpaired) electrons. The summed E-state index contributed by atoms with van der Waals surface area (Å²) in [6.45, 7) is 0.382. The van der Waals surface area contributed by atoms with Gasteiger partial charge in [0.25, 0.3) is 0 Å². The summed E-state index contributed by atoms with van der Waals surface area (Å²) < 4.78 is 14.0. The molecule has 94 valence electrons. The zero-order chi connectivity index (χ0) is 13.1. The van der Waals surface area contributed by atoms with Gasteiger partial charge in [0.15, 0.2) is 0 Å². The van der Waals surface area contributed by atoms with Gasteiger partial charge in [-0.05, 0) is 35.9 Å². The lowest BCUT2D eigenvalue weighted by Crippen LogP contribution is -2.00. The Hall–Kier alpha value is -1.26. The molecule has 5 heteroatoms. The van der Waals surface area contributed by atoms with E-state index in [2.05, 4.69) is 21.2 Å². The van der Waals surface area contributed by atoms with Gasteiger partial charge in [-0.3, -0.25) is 0 Å². The molecule has 0 aliphatic rings. The first-order valence-electron chi connectivity index (χ1n) is 5.22. The standard InChI is InChI=1S/C13H10BrClFNO/c14-9-1-2-13(12(15)5-9)17-7-8-3-10(16)6-11(18)4-8/h1-6,17-18H,7H2. The van der Waals surface area contributed by atoms with Gasteiger partial charge in [0.1, 0.15) is 11.6 Å². The molecule has 2 rings (SSSR count). The molecule has 0 saturated carbocycles. The average Bonchev–Trinajstić information content (AvgIpc) is 2.26. The molecule has 0 saturated heterocycles. The number of phenols is 1. The lowest BCUT2D eigenvalue weighted by atomic mass is 10.2. The van der Waals surface area contributed by atoms with E-state index in [-0.39, 0.29) is 5.75 Å². The molecule has 18 heavy (non-hydrogen) atoms. The monoisotopic (exact) mass is 329 g/mol. The third kappa shape index (κ3) is 3.37. The fourth-order valence-corrected chi connectivity index (χ4v) is 2.31. The summed E-state index contributed by atoms with van der Waals surface area (Å²) in [6.07, 6.45) is 0. The molecule has 2 aromatic carbocycles. The largest absolute Gasteiger partial charge is 0.508 e. The summed E-state index contributed by atoms with van der Waals surface area (Å²) in [4.78, 5) is 0. The number of benzene rings is 2. The Bertz CT molecular complexity index is 557. The van der Waals surface area contributed by atoms with Crippen molar-refractivity contribution >= 4 is 33.2 Å². The van der Waals surface area contributed by atoms with E-state index in [9.17, 15) is 9.50 Å². The smallest absolute Gasteiger partial charge is 0.127 e. The van der Waals surface area contributed by atoms with Gasteiger partial charge in [-0.15, -0.1) is 0 Å². The zero-order valence-electron chi connectivity index (χ0n) is 9.25. The fraction of sp³-hybridized carbons (Fsp3) is 0.0769. The molecule has 2 nitrogen and oxygen atoms in total. The second kappa shape index (κ2) is 5.59. The summed E-state index contributed by atoms with van der Waals surface area (Å²) in [7, 11) is 0. The van der Waals surface area contributed by atoms with Crippen LogP contribution in [-0.2, 0) is 6.54 Å². The normalized spacial score (nSPS) is 10.4. The van der Waals surface area contributed by atoms with Crippen molar-refractivity contribution in [3.63, 3.8) is 0 Å². The summed E-state index contributed by atoms with van der Waals surface area (Å²) in [5.74, 6) is -0.553. The molecule has 0 atom stereocenters. The zero-order valence-corrected chi connectivity index (χ0v) is 11.6. The van der Waals surface area contributed by atoms with E-state index in [1.165, 1.54) is 12.1 Å². The van der Waals surface area contributed by atoms with E-state index in [4.69, 9.17) is 11.6 Å². The van der Waals surface area contributed by atoms with Gasteiger partial charge in [-0.25, -0.2) is 4.39 Å². The van der Waals surface area contributed by atoms with Crippen LogP contribution >= 0.6 is 27.5 Å². The van der Waals surface area contributed by atoms with Gasteiger partial charge in [-0.2, -0.15) is 0 Å². The maximum atomic E-state index is 13.1. The molecule has 0 amide bonds. The number of halogens is 3. The highest BCUT2D eigenvalue weighted by molar-refractivity contribution is 9.10. The van der Waals surface area contributed by atoms with E-state index in [0.29, 0.717) is 17.1 Å². The molecule has 0 aliphatic carbocycles. The maximum absolute atomic E-state index is 13.1. The third-order valence-electron chi connectivity index (χ3n) is 2.36. The van der Waals surface area contributed by atoms with Crippen molar-refractivity contribution in [2.24, 2.45) is 0 Å². The second-order valence-corrected chi connectivity index (χ2v) is 5.12. The predicted molar refractivity (Wildman–Crippen MR) is 74.5 cm³/mol. The molecule has 0 spiro atoms. The lowest BCUT2D eigenvalue weighted by molar-refractivity contribution is 0.468. The van der Waals surface area contributed by atoms with Crippen molar-refractivity contribution in [3.8, 4) is 5.75 Å². The highest BCUT2D eigenvalue weighted by Gasteiger charge is 2.03. The van der Waals surface area contributed by atoms with Gasteiger partial charge in [0.2, 0.25) is 0 Å². The van der Waals surface area contributed by atoms with Crippen LogP contribution in [0.15, 0.2) is 40.9 Å². The van der Waals surface area contributed by atoms with Crippen molar-refractivity contribution in [3.05, 3.63) is 57.3 Å². The van der Waals surface area contributed by atoms with Crippen LogP contribution in [-0.4, -0.2) is 5.11 Å². The molecule has 0 aromatic heterocycles. The number of anilines is 1. The van der Waals surface area contributed by atoms with E-state index in [1.807, 2.05) is 12.1 Å². The Morgan fingerprint density at radius 2 is 2.00 bits per heavy atom. The molecule has 0 aliphatic heterocycles. The van der Waals surface area contributed by atoms with Crippen LogP contribution in [0.2, 0.25) is 5.02 Å². The fourth-order valence-electron chi connectivity index (χ4n) is 1.57. The Balaban J connectivity index is 2.11. The summed E-state index contributed by atoms with van der Waals surface area (Å²) in [5, 5.41) is 12.9. The van der Waals surface area contributed by atoms with Crippen LogP contribution < -0.4 is 5.32 Å². The molecule has 2 N–H and O–H groups in total. The molecule has 0 unspecified atom stereocenters. The summed E-state index contributed by atoms with van der Waals surface area (Å²) in [6, 6.07) is 9.38. The van der Waals surface area contributed by atoms with Gasteiger partial charge in [0, 0.05) is 17.1 Å². The van der Waals surface area contributed by atoms with E-state index >= 15 is 0 Å². The Labute approximate surface area is 118 Å². The number of hydrogen-bond acceptors (Lipinski definition) is 2. The van der Waals surface area contributed by atoms with Gasteiger partial charge in [0.05, 0.1) is 10.7 Å². The third-order valence-corrected chi connectivity index (χ3v) is 3.16. The number of aromatic hydroxyl groups is 1. The minimum absolute atomic E-state index is 0.0892. The Morgan fingerprint density at radius 1 is 1.22 bits per heavy atom. The first-order valence-corrected chi connectivity index (χ1v) is 6.39. The highest BCUT2D eigenvalue weighted by atomic mass is 79.9. The number of nitrogens with one attached hydrogen (secondary N) is 1. The van der Waals surface area contributed by atoms with Crippen molar-refractivity contribution in [2.45, 2.75) is 6.54 Å². The summed E-state index contributed by atoms with van der Waals surface area (Å²) >= 11 is 9.36. The number of hydrogen-bond donors (Lipinski definition) is 2. The molecule has 2 aromatic rings. The first kappa shape index (κ1) is 13.2. The van der Waals surface area contributed by atoms with E-state index < -0.39 is 5.82 Å².